The van der Waals surface area contributed by atoms with Gasteiger partial charge in [-0.1, -0.05) is 23.7 Å². The molecule has 0 saturated heterocycles. The Morgan fingerprint density at radius 1 is 1.21 bits per heavy atom. The number of hydrogen-bond donors (Lipinski definition) is 2. The van der Waals surface area contributed by atoms with Crippen LogP contribution in [0.2, 0.25) is 5.02 Å². The van der Waals surface area contributed by atoms with E-state index in [4.69, 9.17) is 11.6 Å². The Hall–Kier alpha value is -1.06. The van der Waals surface area contributed by atoms with Crippen LogP contribution in [0.15, 0.2) is 24.3 Å². The molecule has 0 spiro atoms. The molecule has 3 rings (SSSR count). The van der Waals surface area contributed by atoms with E-state index in [9.17, 15) is 9.90 Å². The van der Waals surface area contributed by atoms with Crippen LogP contribution in [0.5, 0.6) is 0 Å². The second-order valence-electron chi connectivity index (χ2n) is 5.93. The van der Waals surface area contributed by atoms with Crippen molar-refractivity contribution in [3.63, 3.8) is 0 Å². The van der Waals surface area contributed by atoms with Crippen LogP contribution in [0.25, 0.3) is 0 Å². The Morgan fingerprint density at radius 3 is 2.32 bits per heavy atom. The van der Waals surface area contributed by atoms with Gasteiger partial charge in [-0.3, -0.25) is 4.79 Å². The van der Waals surface area contributed by atoms with E-state index in [0.717, 1.165) is 31.2 Å². The summed E-state index contributed by atoms with van der Waals surface area (Å²) in [6.45, 7) is 0.763. The Balaban J connectivity index is 1.67. The molecule has 2 N–H and O–H groups in total. The van der Waals surface area contributed by atoms with Gasteiger partial charge in [0.05, 0.1) is 12.0 Å². The summed E-state index contributed by atoms with van der Waals surface area (Å²) in [5.74, 6) is 0.0922. The van der Waals surface area contributed by atoms with E-state index in [0.29, 0.717) is 11.6 Å². The first-order valence-electron chi connectivity index (χ1n) is 6.76. The first-order valence-corrected chi connectivity index (χ1v) is 7.13. The second kappa shape index (κ2) is 4.50. The summed E-state index contributed by atoms with van der Waals surface area (Å²) in [5.41, 5.74) is 0.658. The zero-order valence-corrected chi connectivity index (χ0v) is 11.5. The van der Waals surface area contributed by atoms with Crippen LogP contribution in [0.3, 0.4) is 0 Å². The van der Waals surface area contributed by atoms with Crippen LogP contribution in [-0.2, 0) is 10.2 Å². The Labute approximate surface area is 118 Å². The number of rotatable bonds is 5. The quantitative estimate of drug-likeness (QED) is 0.869. The van der Waals surface area contributed by atoms with Crippen molar-refractivity contribution < 1.29 is 9.90 Å². The topological polar surface area (TPSA) is 49.3 Å². The molecular weight excluding hydrogens is 262 g/mol. The molecule has 3 nitrogen and oxygen atoms in total. The van der Waals surface area contributed by atoms with Crippen LogP contribution in [0.4, 0.5) is 0 Å². The minimum Gasteiger partial charge on any atom is -0.396 e. The van der Waals surface area contributed by atoms with Crippen LogP contribution in [0, 0.1) is 5.41 Å². The van der Waals surface area contributed by atoms with Crippen molar-refractivity contribution in [1.82, 2.24) is 5.32 Å². The van der Waals surface area contributed by atoms with Gasteiger partial charge >= 0.3 is 0 Å². The van der Waals surface area contributed by atoms with Crippen molar-refractivity contribution in [2.24, 2.45) is 5.41 Å². The van der Waals surface area contributed by atoms with Crippen molar-refractivity contribution in [3.8, 4) is 0 Å². The van der Waals surface area contributed by atoms with Crippen LogP contribution in [0.1, 0.15) is 31.2 Å². The largest absolute Gasteiger partial charge is 0.396 e. The van der Waals surface area contributed by atoms with Crippen molar-refractivity contribution in [3.05, 3.63) is 34.9 Å². The molecule has 0 aromatic heterocycles. The van der Waals surface area contributed by atoms with Crippen molar-refractivity contribution in [2.75, 3.05) is 13.2 Å². The summed E-state index contributed by atoms with van der Waals surface area (Å²) in [6, 6.07) is 7.54. The maximum Gasteiger partial charge on any atom is 0.230 e. The molecule has 0 radical (unpaired) electrons. The standard InChI is InChI=1S/C15H18ClNO2/c16-12-3-1-11(2-4-12)15(7-8-15)13(19)17-9-14(10-18)5-6-14/h1-4,18H,5-10H2,(H,17,19). The SMILES string of the molecule is O=C(NCC1(CO)CC1)C1(c2ccc(Cl)cc2)CC1. The zero-order chi connectivity index (χ0) is 13.5. The first-order chi connectivity index (χ1) is 9.10. The van der Waals surface area contributed by atoms with Crippen molar-refractivity contribution in [1.29, 1.82) is 0 Å². The van der Waals surface area contributed by atoms with Gasteiger partial charge in [0.15, 0.2) is 0 Å². The number of amides is 1. The lowest BCUT2D eigenvalue weighted by Crippen LogP contribution is -2.39. The molecule has 0 aliphatic heterocycles. The minimum absolute atomic E-state index is 0.0360. The van der Waals surface area contributed by atoms with E-state index in [1.165, 1.54) is 0 Å². The third-order valence-electron chi connectivity index (χ3n) is 4.50. The van der Waals surface area contributed by atoms with Gasteiger partial charge in [0.25, 0.3) is 0 Å². The average molecular weight is 280 g/mol. The molecule has 0 heterocycles. The number of halogens is 1. The second-order valence-corrected chi connectivity index (χ2v) is 6.37. The number of carbonyl (C=O) groups excluding carboxylic acids is 1. The minimum atomic E-state index is -0.351. The fraction of sp³-hybridized carbons (Fsp3) is 0.533. The highest BCUT2D eigenvalue weighted by Crippen LogP contribution is 2.49. The first kappa shape index (κ1) is 12.9. The number of aliphatic hydroxyl groups is 1. The molecule has 4 heteroatoms. The zero-order valence-electron chi connectivity index (χ0n) is 10.8. The van der Waals surface area contributed by atoms with Gasteiger partial charge in [-0.05, 0) is 43.4 Å². The molecule has 2 aliphatic rings. The molecule has 0 atom stereocenters. The van der Waals surface area contributed by atoms with Crippen molar-refractivity contribution >= 4 is 17.5 Å². The summed E-state index contributed by atoms with van der Waals surface area (Å²) in [5, 5.41) is 13.0. The summed E-state index contributed by atoms with van der Waals surface area (Å²) in [6.07, 6.45) is 3.81. The molecule has 1 aromatic carbocycles. The molecule has 2 saturated carbocycles. The van der Waals surface area contributed by atoms with Crippen molar-refractivity contribution in [2.45, 2.75) is 31.1 Å². The third-order valence-corrected chi connectivity index (χ3v) is 4.75. The number of aliphatic hydroxyl groups excluding tert-OH is 1. The molecule has 1 amide bonds. The number of hydrogen-bond acceptors (Lipinski definition) is 2. The van der Waals surface area contributed by atoms with Crippen LogP contribution >= 0.6 is 11.6 Å². The molecule has 1 aromatic rings. The molecule has 19 heavy (non-hydrogen) atoms. The predicted molar refractivity (Wildman–Crippen MR) is 74.1 cm³/mol. The monoisotopic (exact) mass is 279 g/mol. The fourth-order valence-corrected chi connectivity index (χ4v) is 2.67. The predicted octanol–water partition coefficient (Wildman–Crippen LogP) is 2.26. The van der Waals surface area contributed by atoms with Crippen LogP contribution in [-0.4, -0.2) is 24.2 Å². The lowest BCUT2D eigenvalue weighted by Gasteiger charge is -2.18. The molecule has 2 fully saturated rings. The van der Waals surface area contributed by atoms with Gasteiger partial charge in [0, 0.05) is 17.0 Å². The normalized spacial score (nSPS) is 21.8. The Kier molecular flexibility index (Phi) is 3.06. The third kappa shape index (κ3) is 2.37. The highest BCUT2D eigenvalue weighted by molar-refractivity contribution is 6.30. The van der Waals surface area contributed by atoms with E-state index < -0.39 is 0 Å². The number of nitrogens with one attached hydrogen (secondary N) is 1. The van der Waals surface area contributed by atoms with Gasteiger partial charge < -0.3 is 10.4 Å². The molecular formula is C15H18ClNO2. The van der Waals surface area contributed by atoms with E-state index in [1.54, 1.807) is 0 Å². The molecule has 2 aliphatic carbocycles. The molecule has 102 valence electrons. The van der Waals surface area contributed by atoms with Gasteiger partial charge in [0.2, 0.25) is 5.91 Å². The van der Waals surface area contributed by atoms with E-state index in [-0.39, 0.29) is 23.3 Å². The summed E-state index contributed by atoms with van der Waals surface area (Å²) < 4.78 is 0. The van der Waals surface area contributed by atoms with E-state index in [1.807, 2.05) is 24.3 Å². The maximum atomic E-state index is 12.4. The number of carbonyl (C=O) groups is 1. The Bertz CT molecular complexity index is 489. The van der Waals surface area contributed by atoms with Gasteiger partial charge in [0.1, 0.15) is 0 Å². The summed E-state index contributed by atoms with van der Waals surface area (Å²) in [7, 11) is 0. The molecule has 0 unspecified atom stereocenters. The van der Waals surface area contributed by atoms with E-state index in [2.05, 4.69) is 5.32 Å². The van der Waals surface area contributed by atoms with Crippen LogP contribution < -0.4 is 5.32 Å². The summed E-state index contributed by atoms with van der Waals surface area (Å²) in [4.78, 5) is 12.4. The summed E-state index contributed by atoms with van der Waals surface area (Å²) >= 11 is 5.88. The average Bonchev–Trinajstić information content (AvgIpc) is 3.32. The fourth-order valence-electron chi connectivity index (χ4n) is 2.55. The highest BCUT2D eigenvalue weighted by Gasteiger charge is 2.52. The van der Waals surface area contributed by atoms with Gasteiger partial charge in [-0.25, -0.2) is 0 Å². The number of benzene rings is 1. The highest BCUT2D eigenvalue weighted by atomic mass is 35.5. The Morgan fingerprint density at radius 2 is 1.84 bits per heavy atom. The van der Waals surface area contributed by atoms with E-state index >= 15 is 0 Å². The lowest BCUT2D eigenvalue weighted by molar-refractivity contribution is -0.123. The smallest absolute Gasteiger partial charge is 0.230 e. The lowest BCUT2D eigenvalue weighted by atomic mass is 9.94. The molecule has 0 bridgehead atoms. The maximum absolute atomic E-state index is 12.4. The van der Waals surface area contributed by atoms with Gasteiger partial charge in [-0.2, -0.15) is 0 Å². The van der Waals surface area contributed by atoms with Gasteiger partial charge in [-0.15, -0.1) is 0 Å².